The van der Waals surface area contributed by atoms with Crippen LogP contribution in [0.3, 0.4) is 0 Å². The monoisotopic (exact) mass is 348 g/mol. The molecule has 0 radical (unpaired) electrons. The van der Waals surface area contributed by atoms with E-state index in [1.165, 1.54) is 12.1 Å². The van der Waals surface area contributed by atoms with Gasteiger partial charge in [0, 0.05) is 24.8 Å². The molecule has 1 aromatic rings. The molecule has 1 aromatic carbocycles. The van der Waals surface area contributed by atoms with Crippen molar-refractivity contribution in [2.24, 2.45) is 0 Å². The first-order valence-corrected chi connectivity index (χ1v) is 9.47. The molecule has 1 aliphatic carbocycles. The number of benzene rings is 1. The Morgan fingerprint density at radius 1 is 1.38 bits per heavy atom. The molecule has 0 spiro atoms. The highest BCUT2D eigenvalue weighted by Gasteiger charge is 2.54. The molecule has 2 unspecified atom stereocenters. The van der Waals surface area contributed by atoms with Gasteiger partial charge in [-0.05, 0) is 43.9 Å². The maximum absolute atomic E-state index is 13.2. The highest BCUT2D eigenvalue weighted by atomic mass is 32.2. The minimum atomic E-state index is -0.351. The van der Waals surface area contributed by atoms with Gasteiger partial charge < -0.3 is 9.80 Å². The Hall–Kier alpha value is -1.56. The van der Waals surface area contributed by atoms with Crippen molar-refractivity contribution in [1.82, 2.24) is 9.80 Å². The van der Waals surface area contributed by atoms with Crippen molar-refractivity contribution in [3.63, 3.8) is 0 Å². The summed E-state index contributed by atoms with van der Waals surface area (Å²) in [6.07, 6.45) is 3.38. The number of rotatable bonds is 4. The molecule has 4 rings (SSSR count). The van der Waals surface area contributed by atoms with Crippen molar-refractivity contribution < 1.29 is 14.0 Å². The van der Waals surface area contributed by atoms with Crippen LogP contribution in [0.2, 0.25) is 0 Å². The maximum Gasteiger partial charge on any atom is 0.246 e. The summed E-state index contributed by atoms with van der Waals surface area (Å²) >= 11 is 1.72. The van der Waals surface area contributed by atoms with Crippen molar-refractivity contribution in [3.05, 3.63) is 35.6 Å². The third kappa shape index (κ3) is 2.70. The zero-order chi connectivity index (χ0) is 16.9. The number of carbonyl (C=O) groups excluding carboxylic acids is 2. The van der Waals surface area contributed by atoms with Gasteiger partial charge in [0.15, 0.2) is 0 Å². The summed E-state index contributed by atoms with van der Waals surface area (Å²) in [6.45, 7) is 2.56. The van der Waals surface area contributed by atoms with E-state index in [-0.39, 0.29) is 34.6 Å². The minimum Gasteiger partial charge on any atom is -0.334 e. The molecule has 2 heterocycles. The molecule has 128 valence electrons. The van der Waals surface area contributed by atoms with Crippen LogP contribution >= 0.6 is 11.8 Å². The predicted octanol–water partition coefficient (Wildman–Crippen LogP) is 2.77. The van der Waals surface area contributed by atoms with Crippen LogP contribution in [0, 0.1) is 5.82 Å². The van der Waals surface area contributed by atoms with Crippen LogP contribution in [-0.4, -0.2) is 44.3 Å². The second-order valence-electron chi connectivity index (χ2n) is 7.09. The zero-order valence-corrected chi connectivity index (χ0v) is 14.5. The van der Waals surface area contributed by atoms with Gasteiger partial charge in [-0.25, -0.2) is 4.39 Å². The summed E-state index contributed by atoms with van der Waals surface area (Å²) in [4.78, 5) is 29.0. The number of halogens is 1. The van der Waals surface area contributed by atoms with Gasteiger partial charge in [-0.2, -0.15) is 0 Å². The molecule has 0 aromatic heterocycles. The van der Waals surface area contributed by atoms with Crippen LogP contribution in [0.5, 0.6) is 0 Å². The number of amides is 2. The van der Waals surface area contributed by atoms with E-state index < -0.39 is 0 Å². The maximum atomic E-state index is 13.2. The molecule has 0 bridgehead atoms. The molecule has 3 fully saturated rings. The highest BCUT2D eigenvalue weighted by Crippen LogP contribution is 2.48. The fraction of sp³-hybridized carbons (Fsp3) is 0.556. The number of fused-ring (bicyclic) bond motifs is 1. The van der Waals surface area contributed by atoms with Gasteiger partial charge in [0.25, 0.3) is 0 Å². The van der Waals surface area contributed by atoms with Gasteiger partial charge >= 0.3 is 0 Å². The highest BCUT2D eigenvalue weighted by molar-refractivity contribution is 8.01. The van der Waals surface area contributed by atoms with E-state index in [1.54, 1.807) is 23.9 Å². The van der Waals surface area contributed by atoms with Gasteiger partial charge in [0.1, 0.15) is 11.9 Å². The Kier molecular flexibility index (Phi) is 3.82. The molecule has 3 aliphatic rings. The lowest BCUT2D eigenvalue weighted by atomic mass is 10.1. The summed E-state index contributed by atoms with van der Waals surface area (Å²) < 4.78 is 13.1. The summed E-state index contributed by atoms with van der Waals surface area (Å²) in [7, 11) is 0. The van der Waals surface area contributed by atoms with E-state index >= 15 is 0 Å². The number of thioether (sulfide) groups is 1. The van der Waals surface area contributed by atoms with Crippen molar-refractivity contribution in [1.29, 1.82) is 0 Å². The molecular weight excluding hydrogens is 327 g/mol. The lowest BCUT2D eigenvalue weighted by Crippen LogP contribution is -2.51. The molecule has 4 nitrogen and oxygen atoms in total. The first-order valence-electron chi connectivity index (χ1n) is 8.49. The molecule has 2 aliphatic heterocycles. The lowest BCUT2D eigenvalue weighted by Gasteiger charge is -2.33. The average Bonchev–Trinajstić information content (AvgIpc) is 3.28. The smallest absolute Gasteiger partial charge is 0.246 e. The van der Waals surface area contributed by atoms with Crippen molar-refractivity contribution in [2.45, 2.75) is 56.1 Å². The van der Waals surface area contributed by atoms with Crippen LogP contribution in [0.1, 0.15) is 38.2 Å². The third-order valence-electron chi connectivity index (χ3n) is 5.27. The molecule has 2 amide bonds. The minimum absolute atomic E-state index is 0.0494. The van der Waals surface area contributed by atoms with Crippen molar-refractivity contribution in [2.75, 3.05) is 5.75 Å². The summed E-state index contributed by atoms with van der Waals surface area (Å²) in [6, 6.07) is 6.22. The normalized spacial score (nSPS) is 29.0. The van der Waals surface area contributed by atoms with Crippen LogP contribution in [-0.2, 0) is 16.1 Å². The largest absolute Gasteiger partial charge is 0.334 e. The Balaban J connectivity index is 1.54. The Bertz CT molecular complexity index is 676. The molecule has 0 N–H and O–H groups in total. The first-order chi connectivity index (χ1) is 11.5. The van der Waals surface area contributed by atoms with Gasteiger partial charge in [0.05, 0.1) is 4.87 Å². The zero-order valence-electron chi connectivity index (χ0n) is 13.7. The standard InChI is InChI=1S/C18H21FN2O2S/c1-18-9-8-16(22)21(18)15(11-24-18)17(23)20(14-6-7-14)10-12-2-4-13(19)5-3-12/h2-5,14-15H,6-11H2,1H3. The second kappa shape index (κ2) is 5.76. The van der Waals surface area contributed by atoms with Gasteiger partial charge in [0.2, 0.25) is 11.8 Å². The molecular formula is C18H21FN2O2S. The SMILES string of the molecule is CC12CCC(=O)N1C(C(=O)N(Cc1ccc(F)cc1)C1CC1)CS2. The molecule has 2 saturated heterocycles. The van der Waals surface area contributed by atoms with E-state index in [4.69, 9.17) is 0 Å². The summed E-state index contributed by atoms with van der Waals surface area (Å²) in [5, 5.41) is 0. The van der Waals surface area contributed by atoms with E-state index in [1.807, 2.05) is 9.80 Å². The van der Waals surface area contributed by atoms with E-state index in [2.05, 4.69) is 6.92 Å². The number of carbonyl (C=O) groups is 2. The van der Waals surface area contributed by atoms with Crippen LogP contribution < -0.4 is 0 Å². The number of nitrogens with zero attached hydrogens (tertiary/aromatic N) is 2. The van der Waals surface area contributed by atoms with Crippen LogP contribution in [0.15, 0.2) is 24.3 Å². The van der Waals surface area contributed by atoms with Gasteiger partial charge in [-0.1, -0.05) is 12.1 Å². The molecule has 2 atom stereocenters. The molecule has 6 heteroatoms. The summed E-state index contributed by atoms with van der Waals surface area (Å²) in [5.74, 6) is 0.550. The Morgan fingerprint density at radius 3 is 2.75 bits per heavy atom. The Morgan fingerprint density at radius 2 is 2.08 bits per heavy atom. The quantitative estimate of drug-likeness (QED) is 0.840. The summed E-state index contributed by atoms with van der Waals surface area (Å²) in [5.41, 5.74) is 0.929. The first kappa shape index (κ1) is 15.9. The number of hydrogen-bond donors (Lipinski definition) is 0. The van der Waals surface area contributed by atoms with Gasteiger partial charge in [-0.15, -0.1) is 11.8 Å². The predicted molar refractivity (Wildman–Crippen MR) is 90.7 cm³/mol. The Labute approximate surface area is 145 Å². The van der Waals surface area contributed by atoms with E-state index in [0.29, 0.717) is 18.7 Å². The van der Waals surface area contributed by atoms with Crippen molar-refractivity contribution in [3.8, 4) is 0 Å². The van der Waals surface area contributed by atoms with Crippen LogP contribution in [0.4, 0.5) is 4.39 Å². The van der Waals surface area contributed by atoms with E-state index in [0.717, 1.165) is 24.8 Å². The molecule has 1 saturated carbocycles. The van der Waals surface area contributed by atoms with E-state index in [9.17, 15) is 14.0 Å². The third-order valence-corrected chi connectivity index (χ3v) is 6.77. The number of hydrogen-bond acceptors (Lipinski definition) is 3. The fourth-order valence-electron chi connectivity index (χ4n) is 3.75. The molecule has 24 heavy (non-hydrogen) atoms. The lowest BCUT2D eigenvalue weighted by molar-refractivity contribution is -0.144. The topological polar surface area (TPSA) is 40.6 Å². The fourth-order valence-corrected chi connectivity index (χ4v) is 5.18. The average molecular weight is 348 g/mol. The van der Waals surface area contributed by atoms with Crippen LogP contribution in [0.25, 0.3) is 0 Å². The van der Waals surface area contributed by atoms with Crippen molar-refractivity contribution >= 4 is 23.6 Å². The van der Waals surface area contributed by atoms with Gasteiger partial charge in [-0.3, -0.25) is 9.59 Å². The second-order valence-corrected chi connectivity index (χ2v) is 8.59.